The average Bonchev–Trinajstić information content (AvgIpc) is 2.74. The van der Waals surface area contributed by atoms with Crippen LogP contribution in [0.4, 0.5) is 0 Å². The number of nitrogens with zero attached hydrogens (tertiary/aromatic N) is 1. The summed E-state index contributed by atoms with van der Waals surface area (Å²) in [4.78, 5) is 4.55. The Balaban J connectivity index is 2.33. The molecule has 0 saturated heterocycles. The molecule has 0 amide bonds. The first-order chi connectivity index (χ1) is 9.38. The van der Waals surface area contributed by atoms with E-state index in [4.69, 9.17) is 4.42 Å². The largest absolute Gasteiger partial charge is 0.492 e. The molecule has 5 heteroatoms. The minimum Gasteiger partial charge on any atom is -0.438 e. The van der Waals surface area contributed by atoms with Crippen molar-refractivity contribution < 1.29 is 14.5 Å². The van der Waals surface area contributed by atoms with Gasteiger partial charge in [0.15, 0.2) is 0 Å². The Bertz CT molecular complexity index is 787. The molecule has 1 aromatic carbocycles. The molecule has 2 aromatic heterocycles. The molecule has 0 unspecified atom stereocenters. The van der Waals surface area contributed by atoms with Crippen LogP contribution in [0.5, 0.6) is 0 Å². The molecule has 0 bridgehead atoms. The molecule has 2 heterocycles. The van der Waals surface area contributed by atoms with Gasteiger partial charge in [-0.15, -0.1) is 0 Å². The maximum Gasteiger partial charge on any atom is 0.492 e. The second-order valence-corrected chi connectivity index (χ2v) is 6.00. The van der Waals surface area contributed by atoms with Gasteiger partial charge >= 0.3 is 7.12 Å². The summed E-state index contributed by atoms with van der Waals surface area (Å²) in [6, 6.07) is 9.27. The van der Waals surface area contributed by atoms with E-state index in [9.17, 15) is 10.0 Å². The molecule has 0 aliphatic carbocycles. The van der Waals surface area contributed by atoms with E-state index < -0.39 is 7.12 Å². The molecule has 20 heavy (non-hydrogen) atoms. The van der Waals surface area contributed by atoms with E-state index in [1.165, 1.54) is 0 Å². The van der Waals surface area contributed by atoms with E-state index in [0.29, 0.717) is 16.8 Å². The lowest BCUT2D eigenvalue weighted by molar-refractivity contribution is 0.425. The number of benzene rings is 1. The van der Waals surface area contributed by atoms with Crippen LogP contribution in [0, 0.1) is 0 Å². The molecule has 4 nitrogen and oxygen atoms in total. The highest BCUT2D eigenvalue weighted by Crippen LogP contribution is 2.29. The number of para-hydroxylation sites is 1. The molecular weight excluding hydrogens is 253 g/mol. The summed E-state index contributed by atoms with van der Waals surface area (Å²) in [6.07, 6.45) is 0. The van der Waals surface area contributed by atoms with Crippen LogP contribution in [-0.4, -0.2) is 22.2 Å². The van der Waals surface area contributed by atoms with E-state index in [1.807, 2.05) is 18.2 Å². The number of hydrogen-bond donors (Lipinski definition) is 2. The molecule has 3 aromatic rings. The van der Waals surface area contributed by atoms with Crippen molar-refractivity contribution in [1.29, 1.82) is 0 Å². The van der Waals surface area contributed by atoms with Gasteiger partial charge in [0.2, 0.25) is 5.71 Å². The quantitative estimate of drug-likeness (QED) is 0.663. The fourth-order valence-electron chi connectivity index (χ4n) is 2.32. The molecule has 2 N–H and O–H groups in total. The van der Waals surface area contributed by atoms with Gasteiger partial charge in [0.05, 0.1) is 0 Å². The monoisotopic (exact) mass is 269 g/mol. The highest BCUT2D eigenvalue weighted by Gasteiger charge is 2.21. The Morgan fingerprint density at radius 1 is 1.05 bits per heavy atom. The van der Waals surface area contributed by atoms with Gasteiger partial charge in [-0.05, 0) is 12.1 Å². The van der Waals surface area contributed by atoms with Gasteiger partial charge in [0, 0.05) is 27.3 Å². The summed E-state index contributed by atoms with van der Waals surface area (Å²) in [5.41, 5.74) is 2.25. The average molecular weight is 269 g/mol. The third-order valence-corrected chi connectivity index (χ3v) is 3.44. The second-order valence-electron chi connectivity index (χ2n) is 6.00. The summed E-state index contributed by atoms with van der Waals surface area (Å²) in [6.45, 7) is 6.27. The minimum atomic E-state index is -1.55. The number of hydrogen-bond acceptors (Lipinski definition) is 4. The Hall–Kier alpha value is -1.85. The standard InChI is InChI=1S/C15H16BNO3/c1-15(2,3)12-8-7-10-9-5-4-6-11(16(18)19)13(9)20-14(10)17-12/h4-8,18-19H,1-3H3. The molecule has 3 rings (SSSR count). The number of pyridine rings is 1. The lowest BCUT2D eigenvalue weighted by atomic mass is 9.79. The predicted octanol–water partition coefficient (Wildman–Crippen LogP) is 1.96. The van der Waals surface area contributed by atoms with E-state index in [1.54, 1.807) is 12.1 Å². The van der Waals surface area contributed by atoms with Crippen LogP contribution in [0.1, 0.15) is 26.5 Å². The number of furan rings is 1. The predicted molar refractivity (Wildman–Crippen MR) is 80.0 cm³/mol. The Kier molecular flexibility index (Phi) is 2.85. The Morgan fingerprint density at radius 3 is 2.45 bits per heavy atom. The molecule has 0 radical (unpaired) electrons. The van der Waals surface area contributed by atoms with E-state index in [-0.39, 0.29) is 5.41 Å². The van der Waals surface area contributed by atoms with Gasteiger partial charge in [-0.1, -0.05) is 39.0 Å². The van der Waals surface area contributed by atoms with Crippen LogP contribution in [0.15, 0.2) is 34.7 Å². The molecule has 0 fully saturated rings. The van der Waals surface area contributed by atoms with Crippen LogP contribution in [0.3, 0.4) is 0 Å². The van der Waals surface area contributed by atoms with Gasteiger partial charge in [0.25, 0.3) is 0 Å². The molecular formula is C15H16BNO3. The van der Waals surface area contributed by atoms with Crippen molar-refractivity contribution in [3.8, 4) is 0 Å². The zero-order valence-corrected chi connectivity index (χ0v) is 11.7. The summed E-state index contributed by atoms with van der Waals surface area (Å²) in [7, 11) is -1.55. The van der Waals surface area contributed by atoms with Crippen molar-refractivity contribution in [2.75, 3.05) is 0 Å². The fraction of sp³-hybridized carbons (Fsp3) is 0.267. The van der Waals surface area contributed by atoms with Crippen LogP contribution in [0.25, 0.3) is 22.1 Å². The topological polar surface area (TPSA) is 66.5 Å². The summed E-state index contributed by atoms with van der Waals surface area (Å²) >= 11 is 0. The normalized spacial score (nSPS) is 12.2. The van der Waals surface area contributed by atoms with E-state index in [0.717, 1.165) is 16.5 Å². The summed E-state index contributed by atoms with van der Waals surface area (Å²) in [5, 5.41) is 20.5. The van der Waals surface area contributed by atoms with Gasteiger partial charge < -0.3 is 14.5 Å². The summed E-state index contributed by atoms with van der Waals surface area (Å²) in [5.74, 6) is 0. The number of rotatable bonds is 1. The highest BCUT2D eigenvalue weighted by molar-refractivity contribution is 6.61. The molecule has 0 spiro atoms. The maximum absolute atomic E-state index is 9.41. The van der Waals surface area contributed by atoms with Gasteiger partial charge in [-0.3, -0.25) is 0 Å². The van der Waals surface area contributed by atoms with Crippen molar-refractivity contribution in [3.63, 3.8) is 0 Å². The van der Waals surface area contributed by atoms with Crippen molar-refractivity contribution in [2.45, 2.75) is 26.2 Å². The zero-order valence-electron chi connectivity index (χ0n) is 11.7. The Labute approximate surface area is 117 Å². The van der Waals surface area contributed by atoms with Gasteiger partial charge in [0.1, 0.15) is 5.58 Å². The van der Waals surface area contributed by atoms with Gasteiger partial charge in [-0.25, -0.2) is 4.98 Å². The molecule has 102 valence electrons. The lowest BCUT2D eigenvalue weighted by Gasteiger charge is -2.16. The number of aromatic nitrogens is 1. The smallest absolute Gasteiger partial charge is 0.438 e. The van der Waals surface area contributed by atoms with Gasteiger partial charge in [-0.2, -0.15) is 0 Å². The molecule has 0 aliphatic rings. The zero-order chi connectivity index (χ0) is 14.5. The highest BCUT2D eigenvalue weighted by atomic mass is 16.4. The molecule has 0 atom stereocenters. The first-order valence-electron chi connectivity index (χ1n) is 6.57. The third kappa shape index (κ3) is 1.99. The minimum absolute atomic E-state index is 0.0630. The van der Waals surface area contributed by atoms with Crippen molar-refractivity contribution >= 4 is 34.7 Å². The maximum atomic E-state index is 9.41. The Morgan fingerprint density at radius 2 is 1.80 bits per heavy atom. The van der Waals surface area contributed by atoms with E-state index in [2.05, 4.69) is 25.8 Å². The second kappa shape index (κ2) is 4.33. The van der Waals surface area contributed by atoms with E-state index >= 15 is 0 Å². The van der Waals surface area contributed by atoms with Crippen LogP contribution in [0.2, 0.25) is 0 Å². The molecule has 0 aliphatic heterocycles. The SMILES string of the molecule is CC(C)(C)c1ccc2c(n1)oc1c(B(O)O)cccc12. The van der Waals surface area contributed by atoms with Crippen LogP contribution in [-0.2, 0) is 5.41 Å². The fourth-order valence-corrected chi connectivity index (χ4v) is 2.32. The first kappa shape index (κ1) is 13.2. The van der Waals surface area contributed by atoms with Crippen LogP contribution >= 0.6 is 0 Å². The summed E-state index contributed by atoms with van der Waals surface area (Å²) < 4.78 is 5.75. The first-order valence-corrected chi connectivity index (χ1v) is 6.57. The third-order valence-electron chi connectivity index (χ3n) is 3.44. The number of fused-ring (bicyclic) bond motifs is 3. The van der Waals surface area contributed by atoms with Crippen molar-refractivity contribution in [2.24, 2.45) is 0 Å². The van der Waals surface area contributed by atoms with Crippen molar-refractivity contribution in [1.82, 2.24) is 4.98 Å². The van der Waals surface area contributed by atoms with Crippen LogP contribution < -0.4 is 5.46 Å². The lowest BCUT2D eigenvalue weighted by Crippen LogP contribution is -2.29. The molecule has 0 saturated carbocycles. The van der Waals surface area contributed by atoms with Crippen molar-refractivity contribution in [3.05, 3.63) is 36.0 Å².